The zero-order valence-electron chi connectivity index (χ0n) is 10.9. The van der Waals surface area contributed by atoms with E-state index in [9.17, 15) is 0 Å². The quantitative estimate of drug-likeness (QED) is 0.877. The molecule has 1 aliphatic rings. The summed E-state index contributed by atoms with van der Waals surface area (Å²) in [5.74, 6) is 0. The van der Waals surface area contributed by atoms with Gasteiger partial charge in [-0.1, -0.05) is 6.92 Å². The first kappa shape index (κ1) is 14.0. The lowest BCUT2D eigenvalue weighted by Crippen LogP contribution is -2.34. The fraction of sp³-hybridized carbons (Fsp3) is 0.643. The van der Waals surface area contributed by atoms with E-state index in [1.54, 1.807) is 0 Å². The van der Waals surface area contributed by atoms with Crippen molar-refractivity contribution in [2.24, 2.45) is 0 Å². The predicted octanol–water partition coefficient (Wildman–Crippen LogP) is 2.93. The Balaban J connectivity index is 1.92. The molecular formula is C14H21BrN2O. The normalized spacial score (nSPS) is 21.1. The molecule has 1 saturated heterocycles. The van der Waals surface area contributed by atoms with Gasteiger partial charge in [0.25, 0.3) is 0 Å². The lowest BCUT2D eigenvalue weighted by atomic mass is 10.0. The van der Waals surface area contributed by atoms with Crippen LogP contribution in [-0.2, 0) is 11.2 Å². The summed E-state index contributed by atoms with van der Waals surface area (Å²) >= 11 is 3.47. The van der Waals surface area contributed by atoms with Gasteiger partial charge in [0.2, 0.25) is 0 Å². The van der Waals surface area contributed by atoms with E-state index in [0.29, 0.717) is 12.1 Å². The number of nitrogens with zero attached hydrogens (tertiary/aromatic N) is 1. The summed E-state index contributed by atoms with van der Waals surface area (Å²) in [6, 6.07) is 2.63. The molecule has 0 spiro atoms. The number of halogens is 1. The highest BCUT2D eigenvalue weighted by Gasteiger charge is 2.20. The maximum Gasteiger partial charge on any atom is 0.0590 e. The van der Waals surface area contributed by atoms with Crippen molar-refractivity contribution in [1.82, 2.24) is 10.3 Å². The number of aromatic nitrogens is 1. The summed E-state index contributed by atoms with van der Waals surface area (Å²) in [6.45, 7) is 4.09. The van der Waals surface area contributed by atoms with Crippen molar-refractivity contribution in [3.8, 4) is 0 Å². The Morgan fingerprint density at radius 3 is 3.11 bits per heavy atom. The van der Waals surface area contributed by atoms with E-state index < -0.39 is 0 Å². The molecule has 100 valence electrons. The van der Waals surface area contributed by atoms with Crippen molar-refractivity contribution in [2.75, 3.05) is 13.2 Å². The largest absolute Gasteiger partial charge is 0.378 e. The number of rotatable bonds is 6. The van der Waals surface area contributed by atoms with Crippen LogP contribution in [0.5, 0.6) is 0 Å². The van der Waals surface area contributed by atoms with Crippen LogP contribution in [0.25, 0.3) is 0 Å². The van der Waals surface area contributed by atoms with Crippen LogP contribution in [0.4, 0.5) is 0 Å². The van der Waals surface area contributed by atoms with Crippen molar-refractivity contribution in [2.45, 2.75) is 44.8 Å². The van der Waals surface area contributed by atoms with Crippen LogP contribution >= 0.6 is 15.9 Å². The molecule has 0 amide bonds. The monoisotopic (exact) mass is 312 g/mol. The average Bonchev–Trinajstić information content (AvgIpc) is 2.82. The summed E-state index contributed by atoms with van der Waals surface area (Å²) in [7, 11) is 0. The van der Waals surface area contributed by atoms with Crippen LogP contribution in [0.3, 0.4) is 0 Å². The van der Waals surface area contributed by atoms with Gasteiger partial charge < -0.3 is 10.1 Å². The molecule has 2 unspecified atom stereocenters. The average molecular weight is 313 g/mol. The predicted molar refractivity (Wildman–Crippen MR) is 76.7 cm³/mol. The molecule has 18 heavy (non-hydrogen) atoms. The third kappa shape index (κ3) is 4.34. The standard InChI is InChI=1S/C14H21BrN2O/c1-2-17-13(8-14-4-3-5-18-14)7-11-6-12(15)10-16-9-11/h6,9-10,13-14,17H,2-5,7-8H2,1H3. The van der Waals surface area contributed by atoms with E-state index in [4.69, 9.17) is 4.74 Å². The number of ether oxygens (including phenoxy) is 1. The first-order chi connectivity index (χ1) is 8.78. The summed E-state index contributed by atoms with van der Waals surface area (Å²) in [5.41, 5.74) is 1.27. The topological polar surface area (TPSA) is 34.2 Å². The zero-order chi connectivity index (χ0) is 12.8. The molecule has 0 bridgehead atoms. The van der Waals surface area contributed by atoms with Gasteiger partial charge in [0, 0.05) is 29.5 Å². The van der Waals surface area contributed by atoms with Gasteiger partial charge in [-0.05, 0) is 59.8 Å². The van der Waals surface area contributed by atoms with Crippen molar-refractivity contribution < 1.29 is 4.74 Å². The summed E-state index contributed by atoms with van der Waals surface area (Å²) < 4.78 is 6.77. The molecule has 1 fully saturated rings. The molecule has 1 N–H and O–H groups in total. The van der Waals surface area contributed by atoms with Crippen molar-refractivity contribution in [3.63, 3.8) is 0 Å². The van der Waals surface area contributed by atoms with Gasteiger partial charge in [0.1, 0.15) is 0 Å². The molecule has 1 aromatic rings. The molecule has 2 rings (SSSR count). The third-order valence-corrected chi connectivity index (χ3v) is 3.74. The summed E-state index contributed by atoms with van der Waals surface area (Å²) in [6.07, 6.45) is 8.74. The van der Waals surface area contributed by atoms with Gasteiger partial charge in [0.15, 0.2) is 0 Å². The number of hydrogen-bond acceptors (Lipinski definition) is 3. The second kappa shape index (κ2) is 7.22. The molecular weight excluding hydrogens is 292 g/mol. The minimum atomic E-state index is 0.439. The molecule has 2 heterocycles. The van der Waals surface area contributed by atoms with Gasteiger partial charge in [-0.3, -0.25) is 4.98 Å². The van der Waals surface area contributed by atoms with Crippen molar-refractivity contribution in [1.29, 1.82) is 0 Å². The van der Waals surface area contributed by atoms with E-state index in [0.717, 1.165) is 30.5 Å². The molecule has 1 aromatic heterocycles. The lowest BCUT2D eigenvalue weighted by molar-refractivity contribution is 0.0947. The van der Waals surface area contributed by atoms with Crippen LogP contribution in [0.1, 0.15) is 31.7 Å². The fourth-order valence-electron chi connectivity index (χ4n) is 2.53. The number of likely N-dealkylation sites (N-methyl/N-ethyl adjacent to an activating group) is 1. The minimum Gasteiger partial charge on any atom is -0.378 e. The molecule has 1 aliphatic heterocycles. The highest BCUT2D eigenvalue weighted by atomic mass is 79.9. The van der Waals surface area contributed by atoms with Crippen LogP contribution in [-0.4, -0.2) is 30.3 Å². The number of nitrogens with one attached hydrogen (secondary N) is 1. The van der Waals surface area contributed by atoms with Crippen LogP contribution < -0.4 is 5.32 Å². The van der Waals surface area contributed by atoms with E-state index >= 15 is 0 Å². The summed E-state index contributed by atoms with van der Waals surface area (Å²) in [5, 5.41) is 3.55. The highest BCUT2D eigenvalue weighted by molar-refractivity contribution is 9.10. The first-order valence-electron chi connectivity index (χ1n) is 6.72. The first-order valence-corrected chi connectivity index (χ1v) is 7.51. The molecule has 2 atom stereocenters. The highest BCUT2D eigenvalue weighted by Crippen LogP contribution is 2.19. The Hall–Kier alpha value is -0.450. The fourth-order valence-corrected chi connectivity index (χ4v) is 2.94. The van der Waals surface area contributed by atoms with E-state index in [1.165, 1.54) is 18.4 Å². The van der Waals surface area contributed by atoms with Gasteiger partial charge >= 0.3 is 0 Å². The molecule has 4 heteroatoms. The molecule has 0 aliphatic carbocycles. The smallest absolute Gasteiger partial charge is 0.0590 e. The third-order valence-electron chi connectivity index (χ3n) is 3.31. The number of pyridine rings is 1. The van der Waals surface area contributed by atoms with Gasteiger partial charge in [-0.15, -0.1) is 0 Å². The number of hydrogen-bond donors (Lipinski definition) is 1. The Kier molecular flexibility index (Phi) is 5.60. The van der Waals surface area contributed by atoms with Gasteiger partial charge in [-0.25, -0.2) is 0 Å². The Morgan fingerprint density at radius 1 is 1.56 bits per heavy atom. The maximum atomic E-state index is 5.73. The van der Waals surface area contributed by atoms with E-state index in [2.05, 4.69) is 39.2 Å². The molecule has 0 radical (unpaired) electrons. The summed E-state index contributed by atoms with van der Waals surface area (Å²) in [4.78, 5) is 4.22. The van der Waals surface area contributed by atoms with E-state index in [1.807, 2.05) is 12.4 Å². The molecule has 0 aromatic carbocycles. The second-order valence-electron chi connectivity index (χ2n) is 4.84. The maximum absolute atomic E-state index is 5.73. The van der Waals surface area contributed by atoms with Crippen LogP contribution in [0.15, 0.2) is 22.9 Å². The Bertz CT molecular complexity index is 367. The Labute approximate surface area is 117 Å². The molecule has 3 nitrogen and oxygen atoms in total. The lowest BCUT2D eigenvalue weighted by Gasteiger charge is -2.21. The van der Waals surface area contributed by atoms with Crippen molar-refractivity contribution >= 4 is 15.9 Å². The van der Waals surface area contributed by atoms with E-state index in [-0.39, 0.29) is 0 Å². The van der Waals surface area contributed by atoms with Gasteiger partial charge in [0.05, 0.1) is 6.10 Å². The molecule has 0 saturated carbocycles. The van der Waals surface area contributed by atoms with Gasteiger partial charge in [-0.2, -0.15) is 0 Å². The minimum absolute atomic E-state index is 0.439. The second-order valence-corrected chi connectivity index (χ2v) is 5.76. The van der Waals surface area contributed by atoms with Crippen LogP contribution in [0, 0.1) is 0 Å². The SMILES string of the molecule is CCNC(Cc1cncc(Br)c1)CC1CCCO1. The zero-order valence-corrected chi connectivity index (χ0v) is 12.4. The van der Waals surface area contributed by atoms with Crippen LogP contribution in [0.2, 0.25) is 0 Å². The Morgan fingerprint density at radius 2 is 2.44 bits per heavy atom. The van der Waals surface area contributed by atoms with Crippen molar-refractivity contribution in [3.05, 3.63) is 28.5 Å².